The van der Waals surface area contributed by atoms with Gasteiger partial charge in [-0.25, -0.2) is 0 Å². The van der Waals surface area contributed by atoms with Gasteiger partial charge < -0.3 is 14.9 Å². The van der Waals surface area contributed by atoms with Crippen LogP contribution in [0.25, 0.3) is 0 Å². The van der Waals surface area contributed by atoms with E-state index in [1.807, 2.05) is 36.4 Å². The molecule has 1 heterocycles. The van der Waals surface area contributed by atoms with Crippen molar-refractivity contribution in [3.63, 3.8) is 0 Å². The number of rotatable bonds is 9. The third-order valence-electron chi connectivity index (χ3n) is 5.46. The molecule has 1 aromatic heterocycles. The van der Waals surface area contributed by atoms with E-state index in [0.717, 1.165) is 21.2 Å². The number of hydrogen-bond donors (Lipinski definition) is 2. The topological polar surface area (TPSA) is 91.9 Å². The predicted octanol–water partition coefficient (Wildman–Crippen LogP) is 5.82. The molecule has 0 aliphatic rings. The van der Waals surface area contributed by atoms with E-state index < -0.39 is 5.97 Å². The van der Waals surface area contributed by atoms with Crippen LogP contribution in [0.5, 0.6) is 0 Å². The van der Waals surface area contributed by atoms with Gasteiger partial charge in [0, 0.05) is 47.6 Å². The van der Waals surface area contributed by atoms with Crippen LogP contribution < -0.4 is 5.56 Å². The number of oxime groups is 1. The number of pyridine rings is 1. The van der Waals surface area contributed by atoms with Crippen LogP contribution in [0.3, 0.4) is 0 Å². The molecule has 0 aliphatic carbocycles. The highest BCUT2D eigenvalue weighted by Gasteiger charge is 2.20. The first-order valence-electron chi connectivity index (χ1n) is 10.3. The van der Waals surface area contributed by atoms with Gasteiger partial charge in [0.05, 0.1) is 5.71 Å². The van der Waals surface area contributed by atoms with E-state index in [1.54, 1.807) is 12.3 Å². The minimum Gasteiger partial charge on any atom is -0.481 e. The molecular formula is C26H29BrN2O4. The van der Waals surface area contributed by atoms with Gasteiger partial charge >= 0.3 is 5.97 Å². The molecule has 0 fully saturated rings. The van der Waals surface area contributed by atoms with Crippen LogP contribution in [0.4, 0.5) is 0 Å². The zero-order valence-corrected chi connectivity index (χ0v) is 19.3. The second kappa shape index (κ2) is 12.2. The predicted molar refractivity (Wildman–Crippen MR) is 134 cm³/mol. The largest absolute Gasteiger partial charge is 0.481 e. The lowest BCUT2D eigenvalue weighted by molar-refractivity contribution is -0.137. The summed E-state index contributed by atoms with van der Waals surface area (Å²) in [4.78, 5) is 23.0. The van der Waals surface area contributed by atoms with Crippen molar-refractivity contribution >= 4 is 27.6 Å². The van der Waals surface area contributed by atoms with E-state index in [-0.39, 0.29) is 31.9 Å². The van der Waals surface area contributed by atoms with Crippen molar-refractivity contribution < 1.29 is 15.1 Å². The molecule has 33 heavy (non-hydrogen) atoms. The summed E-state index contributed by atoms with van der Waals surface area (Å²) < 4.78 is 2.44. The molecule has 0 saturated heterocycles. The summed E-state index contributed by atoms with van der Waals surface area (Å²) >= 11 is 3.48. The Morgan fingerprint density at radius 1 is 1.09 bits per heavy atom. The molecule has 0 radical (unpaired) electrons. The molecule has 174 valence electrons. The fourth-order valence-electron chi connectivity index (χ4n) is 3.77. The van der Waals surface area contributed by atoms with Gasteiger partial charge in [-0.05, 0) is 48.2 Å². The van der Waals surface area contributed by atoms with Crippen molar-refractivity contribution in [2.24, 2.45) is 5.16 Å². The minimum atomic E-state index is -0.901. The summed E-state index contributed by atoms with van der Waals surface area (Å²) in [5.41, 5.74) is 4.20. The normalized spacial score (nSPS) is 12.1. The molecule has 0 aliphatic heterocycles. The molecule has 1 atom stereocenters. The van der Waals surface area contributed by atoms with Gasteiger partial charge in [-0.15, -0.1) is 0 Å². The molecule has 3 rings (SSSR count). The van der Waals surface area contributed by atoms with Crippen molar-refractivity contribution in [1.29, 1.82) is 0 Å². The summed E-state index contributed by atoms with van der Waals surface area (Å²) in [5, 5.41) is 22.3. The molecule has 1 unspecified atom stereocenters. The number of carboxylic acid groups (broad SMARTS) is 1. The standard InChI is InChI=1S/C25H25BrN2O4.CH4/c1-17-5-2-3-6-21(17)22(18-8-11-20(26)12-9-18)15-23(27-32)19-10-13-24(29)28(16-19)14-4-7-25(30)31;/h2-3,5-6,8-13,16,22,32H,4,7,14-15H2,1H3,(H,30,31);1H4/b27-23+;. The van der Waals surface area contributed by atoms with Gasteiger partial charge in [-0.3, -0.25) is 9.59 Å². The molecular weight excluding hydrogens is 484 g/mol. The van der Waals surface area contributed by atoms with E-state index in [2.05, 4.69) is 40.1 Å². The Morgan fingerprint density at radius 3 is 2.42 bits per heavy atom. The smallest absolute Gasteiger partial charge is 0.303 e. The number of carbonyl (C=O) groups is 1. The van der Waals surface area contributed by atoms with Crippen LogP contribution in [0.15, 0.2) is 81.3 Å². The van der Waals surface area contributed by atoms with Crippen LogP contribution in [-0.4, -0.2) is 26.6 Å². The number of aromatic nitrogens is 1. The second-order valence-corrected chi connectivity index (χ2v) is 8.57. The molecule has 2 aromatic carbocycles. The zero-order valence-electron chi connectivity index (χ0n) is 17.7. The minimum absolute atomic E-state index is 0. The van der Waals surface area contributed by atoms with Gasteiger partial charge in [-0.1, -0.05) is 64.9 Å². The Hall–Kier alpha value is -3.19. The Kier molecular flexibility index (Phi) is 9.60. The number of carboxylic acids is 1. The first-order valence-corrected chi connectivity index (χ1v) is 11.1. The molecule has 0 bridgehead atoms. The van der Waals surface area contributed by atoms with Crippen molar-refractivity contribution in [2.45, 2.75) is 46.1 Å². The fourth-order valence-corrected chi connectivity index (χ4v) is 4.03. The number of aliphatic carboxylic acids is 1. The highest BCUT2D eigenvalue weighted by atomic mass is 79.9. The zero-order chi connectivity index (χ0) is 23.1. The lowest BCUT2D eigenvalue weighted by atomic mass is 9.83. The Morgan fingerprint density at radius 2 is 1.79 bits per heavy atom. The summed E-state index contributed by atoms with van der Waals surface area (Å²) in [6.45, 7) is 2.34. The number of hydrogen-bond acceptors (Lipinski definition) is 4. The molecule has 3 aromatic rings. The number of halogens is 1. The maximum atomic E-state index is 12.2. The average Bonchev–Trinajstić information content (AvgIpc) is 2.77. The molecule has 0 amide bonds. The van der Waals surface area contributed by atoms with Crippen LogP contribution in [-0.2, 0) is 11.3 Å². The summed E-state index contributed by atoms with van der Waals surface area (Å²) in [7, 11) is 0. The van der Waals surface area contributed by atoms with Crippen molar-refractivity contribution in [2.75, 3.05) is 0 Å². The number of nitrogens with zero attached hydrogens (tertiary/aromatic N) is 2. The van der Waals surface area contributed by atoms with Gasteiger partial charge in [-0.2, -0.15) is 0 Å². The molecule has 7 heteroatoms. The monoisotopic (exact) mass is 512 g/mol. The molecule has 0 spiro atoms. The van der Waals surface area contributed by atoms with Gasteiger partial charge in [0.2, 0.25) is 0 Å². The Bertz CT molecular complexity index is 1170. The van der Waals surface area contributed by atoms with Crippen molar-refractivity contribution in [3.05, 3.63) is 104 Å². The van der Waals surface area contributed by atoms with Crippen molar-refractivity contribution in [1.82, 2.24) is 4.57 Å². The quantitative estimate of drug-likeness (QED) is 0.214. The first-order chi connectivity index (χ1) is 15.4. The second-order valence-electron chi connectivity index (χ2n) is 7.66. The van der Waals surface area contributed by atoms with E-state index in [1.165, 1.54) is 10.6 Å². The highest BCUT2D eigenvalue weighted by Crippen LogP contribution is 2.32. The van der Waals surface area contributed by atoms with Gasteiger partial charge in [0.25, 0.3) is 5.56 Å². The van der Waals surface area contributed by atoms with Crippen LogP contribution >= 0.6 is 15.9 Å². The van der Waals surface area contributed by atoms with Crippen LogP contribution in [0.1, 0.15) is 54.9 Å². The SMILES string of the molecule is C.Cc1ccccc1C(C/C(=N\O)c1ccc(=O)n(CCCC(=O)O)c1)c1ccc(Br)cc1. The van der Waals surface area contributed by atoms with Crippen LogP contribution in [0, 0.1) is 6.92 Å². The number of benzene rings is 2. The summed E-state index contributed by atoms with van der Waals surface area (Å²) in [6, 6.07) is 19.2. The first kappa shape index (κ1) is 26.1. The third-order valence-corrected chi connectivity index (χ3v) is 5.99. The highest BCUT2D eigenvalue weighted by molar-refractivity contribution is 9.10. The fraction of sp³-hybridized carbons (Fsp3) is 0.269. The van der Waals surface area contributed by atoms with E-state index in [4.69, 9.17) is 5.11 Å². The van der Waals surface area contributed by atoms with E-state index in [9.17, 15) is 14.8 Å². The lowest BCUT2D eigenvalue weighted by Crippen LogP contribution is -2.21. The van der Waals surface area contributed by atoms with Crippen molar-refractivity contribution in [3.8, 4) is 0 Å². The summed E-state index contributed by atoms with van der Waals surface area (Å²) in [6.07, 6.45) is 2.39. The maximum Gasteiger partial charge on any atom is 0.303 e. The lowest BCUT2D eigenvalue weighted by Gasteiger charge is -2.21. The molecule has 2 N–H and O–H groups in total. The summed E-state index contributed by atoms with van der Waals surface area (Å²) in [5.74, 6) is -0.954. The Balaban J connectivity index is 0.00000385. The maximum absolute atomic E-state index is 12.2. The van der Waals surface area contributed by atoms with Gasteiger partial charge in [0.1, 0.15) is 0 Å². The van der Waals surface area contributed by atoms with E-state index >= 15 is 0 Å². The Labute approximate surface area is 202 Å². The molecule has 0 saturated carbocycles. The van der Waals surface area contributed by atoms with Gasteiger partial charge in [0.15, 0.2) is 0 Å². The average molecular weight is 513 g/mol. The van der Waals surface area contributed by atoms with E-state index in [0.29, 0.717) is 24.1 Å². The van der Waals surface area contributed by atoms with Crippen LogP contribution in [0.2, 0.25) is 0 Å². The molecule has 6 nitrogen and oxygen atoms in total. The third kappa shape index (κ3) is 6.89. The number of aryl methyl sites for hydroxylation is 2.